The predicted octanol–water partition coefficient (Wildman–Crippen LogP) is 2.03. The summed E-state index contributed by atoms with van der Waals surface area (Å²) >= 11 is 0. The fourth-order valence-electron chi connectivity index (χ4n) is 3.57. The van der Waals surface area contributed by atoms with E-state index in [0.29, 0.717) is 30.6 Å². The molecule has 0 spiro atoms. The number of imide groups is 1. The number of rotatable bonds is 7. The molecule has 1 aliphatic heterocycles. The lowest BCUT2D eigenvalue weighted by Gasteiger charge is -2.36. The first-order valence-electron chi connectivity index (χ1n) is 10.5. The van der Waals surface area contributed by atoms with Crippen molar-refractivity contribution in [2.75, 3.05) is 32.7 Å². The Kier molecular flexibility index (Phi) is 6.93. The number of hydrogen-bond donors (Lipinski definition) is 2. The van der Waals surface area contributed by atoms with Gasteiger partial charge in [0.2, 0.25) is 17.6 Å². The van der Waals surface area contributed by atoms with Gasteiger partial charge in [-0.2, -0.15) is 4.98 Å². The van der Waals surface area contributed by atoms with Crippen LogP contribution in [0.3, 0.4) is 0 Å². The van der Waals surface area contributed by atoms with Crippen molar-refractivity contribution in [2.24, 2.45) is 0 Å². The number of amides is 3. The van der Waals surface area contributed by atoms with Crippen molar-refractivity contribution in [3.63, 3.8) is 0 Å². The van der Waals surface area contributed by atoms with Crippen LogP contribution in [0.4, 0.5) is 4.79 Å². The van der Waals surface area contributed by atoms with Crippen LogP contribution in [0.2, 0.25) is 0 Å². The molecule has 1 saturated heterocycles. The van der Waals surface area contributed by atoms with Crippen molar-refractivity contribution in [1.29, 1.82) is 0 Å². The van der Waals surface area contributed by atoms with Crippen LogP contribution in [0.15, 0.2) is 57.7 Å². The smallest absolute Gasteiger partial charge is 0.321 e. The van der Waals surface area contributed by atoms with Crippen LogP contribution in [0.1, 0.15) is 24.6 Å². The van der Waals surface area contributed by atoms with Crippen molar-refractivity contribution >= 4 is 11.9 Å². The monoisotopic (exact) mass is 438 g/mol. The van der Waals surface area contributed by atoms with E-state index in [9.17, 15) is 9.59 Å². The lowest BCUT2D eigenvalue weighted by Crippen LogP contribution is -2.51. The fraction of sp³-hybridized carbons (Fsp3) is 0.364. The van der Waals surface area contributed by atoms with E-state index in [-0.39, 0.29) is 25.0 Å². The molecule has 2 aromatic heterocycles. The second-order valence-corrected chi connectivity index (χ2v) is 7.62. The number of hydrogen-bond acceptors (Lipinski definition) is 8. The molecule has 1 unspecified atom stereocenters. The third kappa shape index (κ3) is 5.59. The Morgan fingerprint density at radius 2 is 1.88 bits per heavy atom. The highest BCUT2D eigenvalue weighted by atomic mass is 16.5. The molecule has 4 rings (SSSR count). The minimum atomic E-state index is -0.538. The molecule has 1 aromatic carbocycles. The topological polar surface area (TPSA) is 117 Å². The number of benzene rings is 1. The van der Waals surface area contributed by atoms with E-state index < -0.39 is 6.03 Å². The lowest BCUT2D eigenvalue weighted by atomic mass is 10.2. The number of nitrogens with zero attached hydrogens (tertiary/aromatic N) is 4. The maximum Gasteiger partial charge on any atom is 0.321 e. The summed E-state index contributed by atoms with van der Waals surface area (Å²) in [4.78, 5) is 32.8. The molecule has 10 nitrogen and oxygen atoms in total. The Morgan fingerprint density at radius 1 is 1.09 bits per heavy atom. The Balaban J connectivity index is 1.20. The van der Waals surface area contributed by atoms with Crippen molar-refractivity contribution < 1.29 is 18.5 Å². The van der Waals surface area contributed by atoms with Gasteiger partial charge in [0.15, 0.2) is 0 Å². The van der Waals surface area contributed by atoms with E-state index in [2.05, 4.69) is 25.7 Å². The first kappa shape index (κ1) is 21.7. The molecule has 3 amide bonds. The molecule has 32 heavy (non-hydrogen) atoms. The summed E-state index contributed by atoms with van der Waals surface area (Å²) in [6.45, 7) is 5.33. The molecule has 3 aromatic rings. The summed E-state index contributed by atoms with van der Waals surface area (Å²) in [5, 5.41) is 9.04. The molecule has 3 heterocycles. The molecule has 0 bridgehead atoms. The normalized spacial score (nSPS) is 15.9. The van der Waals surface area contributed by atoms with Gasteiger partial charge in [-0.3, -0.25) is 19.9 Å². The number of carbonyl (C=O) groups excluding carboxylic acids is 2. The van der Waals surface area contributed by atoms with Crippen LogP contribution >= 0.6 is 0 Å². The van der Waals surface area contributed by atoms with E-state index >= 15 is 0 Å². The fourth-order valence-corrected chi connectivity index (χ4v) is 3.57. The number of carbonyl (C=O) groups is 2. The van der Waals surface area contributed by atoms with E-state index in [4.69, 9.17) is 8.94 Å². The van der Waals surface area contributed by atoms with E-state index in [1.807, 2.05) is 42.2 Å². The standard InChI is InChI=1S/C22H26N6O4/c1-16(21-25-20(26-32-21)17-6-3-2-4-7-17)28-11-9-27(10-12-28)15-19(29)24-22(30)23-14-18-8-5-13-31-18/h2-8,13,16H,9-12,14-15H2,1H3,(H2,23,24,29,30). The molecule has 1 atom stereocenters. The van der Waals surface area contributed by atoms with Crippen LogP contribution in [0, 0.1) is 0 Å². The quantitative estimate of drug-likeness (QED) is 0.576. The van der Waals surface area contributed by atoms with Gasteiger partial charge in [-0.1, -0.05) is 35.5 Å². The van der Waals surface area contributed by atoms with Crippen molar-refractivity contribution in [3.05, 3.63) is 60.4 Å². The molecule has 2 N–H and O–H groups in total. The third-order valence-corrected chi connectivity index (χ3v) is 5.41. The number of nitrogens with one attached hydrogen (secondary N) is 2. The van der Waals surface area contributed by atoms with Gasteiger partial charge in [-0.05, 0) is 19.1 Å². The third-order valence-electron chi connectivity index (χ3n) is 5.41. The highest BCUT2D eigenvalue weighted by molar-refractivity contribution is 5.95. The maximum atomic E-state index is 12.2. The van der Waals surface area contributed by atoms with Crippen molar-refractivity contribution in [3.8, 4) is 11.4 Å². The Morgan fingerprint density at radius 3 is 2.59 bits per heavy atom. The molecular formula is C22H26N6O4. The van der Waals surface area contributed by atoms with E-state index in [1.165, 1.54) is 6.26 Å². The zero-order valence-electron chi connectivity index (χ0n) is 17.9. The summed E-state index contributed by atoms with van der Waals surface area (Å²) in [6.07, 6.45) is 1.53. The predicted molar refractivity (Wildman–Crippen MR) is 115 cm³/mol. The largest absolute Gasteiger partial charge is 0.467 e. The van der Waals surface area contributed by atoms with Gasteiger partial charge >= 0.3 is 6.03 Å². The first-order chi connectivity index (χ1) is 15.6. The average molecular weight is 438 g/mol. The van der Waals surface area contributed by atoms with Crippen LogP contribution < -0.4 is 10.6 Å². The van der Waals surface area contributed by atoms with Gasteiger partial charge in [0.1, 0.15) is 5.76 Å². The van der Waals surface area contributed by atoms with Crippen LogP contribution in [0.5, 0.6) is 0 Å². The zero-order valence-corrected chi connectivity index (χ0v) is 17.9. The molecule has 1 aliphatic rings. The van der Waals surface area contributed by atoms with Gasteiger partial charge < -0.3 is 14.3 Å². The summed E-state index contributed by atoms with van der Waals surface area (Å²) < 4.78 is 10.6. The van der Waals surface area contributed by atoms with Gasteiger partial charge in [0.25, 0.3) is 0 Å². The number of piperazine rings is 1. The highest BCUT2D eigenvalue weighted by Gasteiger charge is 2.27. The summed E-state index contributed by atoms with van der Waals surface area (Å²) in [5.41, 5.74) is 0.915. The highest BCUT2D eigenvalue weighted by Crippen LogP contribution is 2.23. The molecule has 0 radical (unpaired) electrons. The molecule has 1 fully saturated rings. The Hall–Kier alpha value is -3.50. The molecule has 0 saturated carbocycles. The number of aromatic nitrogens is 2. The molecule has 10 heteroatoms. The second kappa shape index (κ2) is 10.2. The van der Waals surface area contributed by atoms with Crippen molar-refractivity contribution in [2.45, 2.75) is 19.5 Å². The second-order valence-electron chi connectivity index (χ2n) is 7.62. The van der Waals surface area contributed by atoms with Crippen LogP contribution in [0.25, 0.3) is 11.4 Å². The summed E-state index contributed by atoms with van der Waals surface area (Å²) in [6, 6.07) is 12.6. The zero-order chi connectivity index (χ0) is 22.3. The van der Waals surface area contributed by atoms with Crippen molar-refractivity contribution in [1.82, 2.24) is 30.6 Å². The maximum absolute atomic E-state index is 12.2. The summed E-state index contributed by atoms with van der Waals surface area (Å²) in [5.74, 6) is 1.43. The van der Waals surface area contributed by atoms with Gasteiger partial charge in [-0.15, -0.1) is 0 Å². The van der Waals surface area contributed by atoms with Gasteiger partial charge in [-0.25, -0.2) is 4.79 Å². The Bertz CT molecular complexity index is 1010. The van der Waals surface area contributed by atoms with Gasteiger partial charge in [0.05, 0.1) is 25.4 Å². The molecular weight excluding hydrogens is 412 g/mol. The lowest BCUT2D eigenvalue weighted by molar-refractivity contribution is -0.121. The Labute approximate surface area is 185 Å². The molecule has 168 valence electrons. The molecule has 0 aliphatic carbocycles. The minimum absolute atomic E-state index is 0.0247. The average Bonchev–Trinajstić information content (AvgIpc) is 3.51. The van der Waals surface area contributed by atoms with Crippen LogP contribution in [-0.2, 0) is 11.3 Å². The first-order valence-corrected chi connectivity index (χ1v) is 10.5. The number of urea groups is 1. The van der Waals surface area contributed by atoms with E-state index in [0.717, 1.165) is 18.7 Å². The summed E-state index contributed by atoms with van der Waals surface area (Å²) in [7, 11) is 0. The minimum Gasteiger partial charge on any atom is -0.467 e. The van der Waals surface area contributed by atoms with E-state index in [1.54, 1.807) is 12.1 Å². The van der Waals surface area contributed by atoms with Gasteiger partial charge in [0, 0.05) is 31.7 Å². The van der Waals surface area contributed by atoms with Crippen LogP contribution in [-0.4, -0.2) is 64.6 Å². The number of furan rings is 1. The SMILES string of the molecule is CC(c1nc(-c2ccccc2)no1)N1CCN(CC(=O)NC(=O)NCc2ccco2)CC1.